The van der Waals surface area contributed by atoms with E-state index < -0.39 is 0 Å². The van der Waals surface area contributed by atoms with E-state index in [1.165, 1.54) is 4.90 Å². The normalized spacial score (nSPS) is 26.5. The van der Waals surface area contributed by atoms with Gasteiger partial charge < -0.3 is 10.2 Å². The van der Waals surface area contributed by atoms with Gasteiger partial charge in [-0.3, -0.25) is 9.59 Å². The lowest BCUT2D eigenvalue weighted by Gasteiger charge is -2.32. The Bertz CT molecular complexity index is 323. The highest BCUT2D eigenvalue weighted by molar-refractivity contribution is 6.29. The Labute approximate surface area is 93.3 Å². The maximum Gasteiger partial charge on any atom is 0.246 e. The van der Waals surface area contributed by atoms with Gasteiger partial charge in [0.15, 0.2) is 0 Å². The molecule has 0 radical (unpaired) electrons. The minimum atomic E-state index is -0.331. The summed E-state index contributed by atoms with van der Waals surface area (Å²) in [5.74, 6) is 0.191. The Balaban J connectivity index is 2.06. The van der Waals surface area contributed by atoms with Crippen LogP contribution in [0.4, 0.5) is 0 Å². The summed E-state index contributed by atoms with van der Waals surface area (Å²) in [7, 11) is 0. The predicted molar refractivity (Wildman–Crippen MR) is 56.2 cm³/mol. The maximum atomic E-state index is 11.9. The zero-order valence-electron chi connectivity index (χ0n) is 8.33. The van der Waals surface area contributed by atoms with Gasteiger partial charge in [-0.2, -0.15) is 0 Å². The fourth-order valence-corrected chi connectivity index (χ4v) is 1.96. The van der Waals surface area contributed by atoms with Gasteiger partial charge in [0.05, 0.1) is 13.1 Å². The van der Waals surface area contributed by atoms with Crippen molar-refractivity contribution < 1.29 is 9.59 Å². The molecule has 2 fully saturated rings. The zero-order valence-corrected chi connectivity index (χ0v) is 9.09. The molecule has 2 amide bonds. The first kappa shape index (κ1) is 10.5. The molecule has 1 heterocycles. The number of hydrogen-bond acceptors (Lipinski definition) is 2. The smallest absolute Gasteiger partial charge is 0.246 e. The Kier molecular flexibility index (Phi) is 2.69. The molecule has 5 heteroatoms. The van der Waals surface area contributed by atoms with Gasteiger partial charge in [0.25, 0.3) is 0 Å². The van der Waals surface area contributed by atoms with Crippen molar-refractivity contribution in [1.29, 1.82) is 0 Å². The number of carbonyl (C=O) groups is 2. The standard InChI is InChI=1S/C10H13ClN2O2/c1-6(11)4-13-5-8(14)12-9(10(13)15)7-2-3-7/h7,9H,1-5H2,(H,12,14). The Morgan fingerprint density at radius 2 is 2.20 bits per heavy atom. The van der Waals surface area contributed by atoms with Crippen LogP contribution in [-0.2, 0) is 9.59 Å². The van der Waals surface area contributed by atoms with Gasteiger partial charge in [0.1, 0.15) is 6.04 Å². The molecular weight excluding hydrogens is 216 g/mol. The fourth-order valence-electron chi connectivity index (χ4n) is 1.82. The van der Waals surface area contributed by atoms with Crippen LogP contribution in [0.5, 0.6) is 0 Å². The second-order valence-corrected chi connectivity index (χ2v) is 4.63. The molecule has 0 bridgehead atoms. The SMILES string of the molecule is C=C(Cl)CN1CC(=O)NC(C2CC2)C1=O. The van der Waals surface area contributed by atoms with Gasteiger partial charge in [-0.1, -0.05) is 18.2 Å². The molecule has 2 rings (SSSR count). The first-order chi connectivity index (χ1) is 7.08. The van der Waals surface area contributed by atoms with E-state index >= 15 is 0 Å². The number of nitrogens with one attached hydrogen (secondary N) is 1. The molecule has 0 aromatic heterocycles. The van der Waals surface area contributed by atoms with E-state index in [9.17, 15) is 9.59 Å². The highest BCUT2D eigenvalue weighted by Crippen LogP contribution is 2.34. The molecule has 1 unspecified atom stereocenters. The highest BCUT2D eigenvalue weighted by atomic mass is 35.5. The lowest BCUT2D eigenvalue weighted by atomic mass is 10.1. The number of hydrogen-bond donors (Lipinski definition) is 1. The van der Waals surface area contributed by atoms with E-state index in [0.717, 1.165) is 12.8 Å². The minimum Gasteiger partial charge on any atom is -0.342 e. The number of carbonyl (C=O) groups excluding carboxylic acids is 2. The summed E-state index contributed by atoms with van der Waals surface area (Å²) in [6.07, 6.45) is 2.04. The van der Waals surface area contributed by atoms with Crippen LogP contribution in [0, 0.1) is 5.92 Å². The molecule has 1 atom stereocenters. The molecule has 1 aliphatic heterocycles. The van der Waals surface area contributed by atoms with Gasteiger partial charge in [-0.25, -0.2) is 0 Å². The monoisotopic (exact) mass is 228 g/mol. The van der Waals surface area contributed by atoms with Crippen molar-refractivity contribution in [3.05, 3.63) is 11.6 Å². The highest BCUT2D eigenvalue weighted by Gasteiger charge is 2.42. The third kappa shape index (κ3) is 2.31. The lowest BCUT2D eigenvalue weighted by Crippen LogP contribution is -2.58. The van der Waals surface area contributed by atoms with Crippen LogP contribution in [0.25, 0.3) is 0 Å². The van der Waals surface area contributed by atoms with Crippen molar-refractivity contribution in [1.82, 2.24) is 10.2 Å². The summed E-state index contributed by atoms with van der Waals surface area (Å²) in [6.45, 7) is 3.89. The number of piperazine rings is 1. The first-order valence-corrected chi connectivity index (χ1v) is 5.37. The molecule has 2 aliphatic rings. The van der Waals surface area contributed by atoms with Crippen molar-refractivity contribution in [2.24, 2.45) is 5.92 Å². The summed E-state index contributed by atoms with van der Waals surface area (Å²) in [6, 6.07) is -0.331. The van der Waals surface area contributed by atoms with Gasteiger partial charge in [0.2, 0.25) is 11.8 Å². The van der Waals surface area contributed by atoms with Gasteiger partial charge in [-0.05, 0) is 18.8 Å². The van der Waals surface area contributed by atoms with Crippen LogP contribution < -0.4 is 5.32 Å². The number of rotatable bonds is 3. The molecule has 4 nitrogen and oxygen atoms in total. The summed E-state index contributed by atoms with van der Waals surface area (Å²) in [5.41, 5.74) is 0. The molecule has 1 saturated heterocycles. The minimum absolute atomic E-state index is 0.0288. The van der Waals surface area contributed by atoms with Crippen LogP contribution in [0.2, 0.25) is 0 Å². The van der Waals surface area contributed by atoms with E-state index in [1.54, 1.807) is 0 Å². The third-order valence-electron chi connectivity index (χ3n) is 2.68. The first-order valence-electron chi connectivity index (χ1n) is 4.99. The second-order valence-electron chi connectivity index (χ2n) is 4.09. The average Bonchev–Trinajstić information content (AvgIpc) is 2.92. The second kappa shape index (κ2) is 3.85. The van der Waals surface area contributed by atoms with Crippen molar-refractivity contribution in [2.45, 2.75) is 18.9 Å². The van der Waals surface area contributed by atoms with Crippen molar-refractivity contribution in [3.8, 4) is 0 Å². The summed E-state index contributed by atoms with van der Waals surface area (Å²) < 4.78 is 0. The largest absolute Gasteiger partial charge is 0.342 e. The lowest BCUT2D eigenvalue weighted by molar-refractivity contribution is -0.144. The Morgan fingerprint density at radius 1 is 1.53 bits per heavy atom. The van der Waals surface area contributed by atoms with Crippen LogP contribution in [0.3, 0.4) is 0 Å². The van der Waals surface area contributed by atoms with Crippen LogP contribution in [0.15, 0.2) is 11.6 Å². The zero-order chi connectivity index (χ0) is 11.0. The van der Waals surface area contributed by atoms with Crippen LogP contribution >= 0.6 is 11.6 Å². The van der Waals surface area contributed by atoms with Crippen LogP contribution in [-0.4, -0.2) is 35.8 Å². The quantitative estimate of drug-likeness (QED) is 0.764. The van der Waals surface area contributed by atoms with E-state index in [1.807, 2.05) is 0 Å². The number of nitrogens with zero attached hydrogens (tertiary/aromatic N) is 1. The summed E-state index contributed by atoms with van der Waals surface area (Å²) >= 11 is 5.65. The number of halogens is 1. The third-order valence-corrected chi connectivity index (χ3v) is 2.80. The number of amides is 2. The molecule has 82 valence electrons. The molecule has 1 saturated carbocycles. The van der Waals surface area contributed by atoms with E-state index in [-0.39, 0.29) is 30.9 Å². The van der Waals surface area contributed by atoms with Gasteiger partial charge >= 0.3 is 0 Å². The predicted octanol–water partition coefficient (Wildman–Crippen LogP) is 0.476. The van der Waals surface area contributed by atoms with E-state index in [0.29, 0.717) is 11.0 Å². The molecular formula is C10H13ClN2O2. The van der Waals surface area contributed by atoms with E-state index in [2.05, 4.69) is 11.9 Å². The Hall–Kier alpha value is -1.03. The van der Waals surface area contributed by atoms with Gasteiger partial charge in [0, 0.05) is 5.03 Å². The van der Waals surface area contributed by atoms with Crippen LogP contribution in [0.1, 0.15) is 12.8 Å². The van der Waals surface area contributed by atoms with Crippen molar-refractivity contribution in [2.75, 3.05) is 13.1 Å². The topological polar surface area (TPSA) is 49.4 Å². The molecule has 0 aromatic rings. The summed E-state index contributed by atoms with van der Waals surface area (Å²) in [4.78, 5) is 24.7. The molecule has 1 aliphatic carbocycles. The Morgan fingerprint density at radius 3 is 2.73 bits per heavy atom. The molecule has 1 N–H and O–H groups in total. The van der Waals surface area contributed by atoms with Gasteiger partial charge in [-0.15, -0.1) is 0 Å². The maximum absolute atomic E-state index is 11.9. The average molecular weight is 229 g/mol. The fraction of sp³-hybridized carbons (Fsp3) is 0.600. The van der Waals surface area contributed by atoms with Crippen molar-refractivity contribution in [3.63, 3.8) is 0 Å². The molecule has 15 heavy (non-hydrogen) atoms. The van der Waals surface area contributed by atoms with E-state index in [4.69, 9.17) is 11.6 Å². The van der Waals surface area contributed by atoms with Crippen molar-refractivity contribution >= 4 is 23.4 Å². The molecule has 0 spiro atoms. The molecule has 0 aromatic carbocycles. The summed E-state index contributed by atoms with van der Waals surface area (Å²) in [5, 5.41) is 3.11.